The number of rotatable bonds is 1. The lowest BCUT2D eigenvalue weighted by Crippen LogP contribution is -2.15. The van der Waals surface area contributed by atoms with Crippen molar-refractivity contribution in [3.05, 3.63) is 64.7 Å². The van der Waals surface area contributed by atoms with Gasteiger partial charge in [-0.15, -0.1) is 0 Å². The van der Waals surface area contributed by atoms with Crippen molar-refractivity contribution in [2.24, 2.45) is 5.73 Å². The Labute approximate surface area is 119 Å². The van der Waals surface area contributed by atoms with Crippen molar-refractivity contribution in [1.29, 1.82) is 0 Å². The van der Waals surface area contributed by atoms with Gasteiger partial charge in [-0.3, -0.25) is 0 Å². The van der Waals surface area contributed by atoms with Crippen molar-refractivity contribution >= 4 is 0 Å². The van der Waals surface area contributed by atoms with E-state index in [4.69, 9.17) is 10.8 Å². The van der Waals surface area contributed by atoms with Gasteiger partial charge in [-0.2, -0.15) is 0 Å². The summed E-state index contributed by atoms with van der Waals surface area (Å²) in [4.78, 5) is 0. The minimum absolute atomic E-state index is 0.200. The van der Waals surface area contributed by atoms with Gasteiger partial charge in [0, 0.05) is 19.6 Å². The standard InChI is InChI=1S/C16H17NO.CH4O/c17-10-15-12-5-2-1-4-11(12)8-9-14-13(15)6-3-7-16(14)18;1-2/h1-7,15,18H,8-10,17H2;2H,1H3. The predicted molar refractivity (Wildman–Crippen MR) is 81.0 cm³/mol. The molecular formula is C17H21NO2. The molecule has 3 rings (SSSR count). The molecule has 2 aromatic rings. The van der Waals surface area contributed by atoms with Gasteiger partial charge < -0.3 is 15.9 Å². The summed E-state index contributed by atoms with van der Waals surface area (Å²) in [5.74, 6) is 0.601. The van der Waals surface area contributed by atoms with Crippen LogP contribution in [0, 0.1) is 0 Å². The van der Waals surface area contributed by atoms with Crippen LogP contribution >= 0.6 is 0 Å². The average Bonchev–Trinajstić information content (AvgIpc) is 2.66. The zero-order chi connectivity index (χ0) is 14.5. The molecule has 0 saturated heterocycles. The molecule has 1 unspecified atom stereocenters. The Balaban J connectivity index is 0.000000704. The fourth-order valence-corrected chi connectivity index (χ4v) is 2.97. The normalized spacial score (nSPS) is 16.2. The average molecular weight is 271 g/mol. The lowest BCUT2D eigenvalue weighted by molar-refractivity contribution is 0.399. The summed E-state index contributed by atoms with van der Waals surface area (Å²) < 4.78 is 0. The Morgan fingerprint density at radius 3 is 2.45 bits per heavy atom. The maximum Gasteiger partial charge on any atom is 0.119 e. The van der Waals surface area contributed by atoms with Crippen molar-refractivity contribution in [2.45, 2.75) is 18.8 Å². The predicted octanol–water partition coefficient (Wildman–Crippen LogP) is 2.19. The summed E-state index contributed by atoms with van der Waals surface area (Å²) in [5, 5.41) is 17.0. The van der Waals surface area contributed by atoms with Crippen molar-refractivity contribution < 1.29 is 10.2 Å². The monoisotopic (exact) mass is 271 g/mol. The van der Waals surface area contributed by atoms with E-state index in [1.54, 1.807) is 6.07 Å². The first-order valence-corrected chi connectivity index (χ1v) is 6.84. The van der Waals surface area contributed by atoms with Crippen LogP contribution < -0.4 is 5.73 Å². The first-order valence-electron chi connectivity index (χ1n) is 6.84. The van der Waals surface area contributed by atoms with Gasteiger partial charge in [-0.1, -0.05) is 36.4 Å². The highest BCUT2D eigenvalue weighted by Gasteiger charge is 2.23. The number of aryl methyl sites for hydroxylation is 1. The Bertz CT molecular complexity index is 581. The second-order valence-electron chi connectivity index (χ2n) is 4.83. The third-order valence-electron chi connectivity index (χ3n) is 3.87. The zero-order valence-electron chi connectivity index (χ0n) is 11.7. The van der Waals surface area contributed by atoms with E-state index in [0.717, 1.165) is 25.5 Å². The summed E-state index contributed by atoms with van der Waals surface area (Å²) >= 11 is 0. The van der Waals surface area contributed by atoms with Gasteiger partial charge in [0.05, 0.1) is 0 Å². The number of benzene rings is 2. The fraction of sp³-hybridized carbons (Fsp3) is 0.294. The second kappa shape index (κ2) is 6.55. The van der Waals surface area contributed by atoms with Gasteiger partial charge in [0.15, 0.2) is 0 Å². The molecule has 0 bridgehead atoms. The Hall–Kier alpha value is -1.84. The van der Waals surface area contributed by atoms with Crippen molar-refractivity contribution in [2.75, 3.05) is 13.7 Å². The molecule has 3 nitrogen and oxygen atoms in total. The quantitative estimate of drug-likeness (QED) is 0.745. The van der Waals surface area contributed by atoms with Crippen LogP contribution in [0.15, 0.2) is 42.5 Å². The van der Waals surface area contributed by atoms with E-state index >= 15 is 0 Å². The van der Waals surface area contributed by atoms with Crippen LogP contribution in [-0.2, 0) is 12.8 Å². The third kappa shape index (κ3) is 2.55. The van der Waals surface area contributed by atoms with Gasteiger partial charge in [0.2, 0.25) is 0 Å². The van der Waals surface area contributed by atoms with Crippen LogP contribution in [0.4, 0.5) is 0 Å². The topological polar surface area (TPSA) is 66.5 Å². The Morgan fingerprint density at radius 1 is 1.00 bits per heavy atom. The molecule has 0 amide bonds. The summed E-state index contributed by atoms with van der Waals surface area (Å²) in [5.41, 5.74) is 10.9. The van der Waals surface area contributed by atoms with Crippen molar-refractivity contribution in [3.63, 3.8) is 0 Å². The number of nitrogens with two attached hydrogens (primary N) is 1. The molecule has 0 saturated carbocycles. The number of fused-ring (bicyclic) bond motifs is 2. The molecule has 0 radical (unpaired) electrons. The highest BCUT2D eigenvalue weighted by molar-refractivity contribution is 5.49. The number of aromatic hydroxyl groups is 1. The second-order valence-corrected chi connectivity index (χ2v) is 4.83. The maximum atomic E-state index is 10.0. The van der Waals surface area contributed by atoms with E-state index in [9.17, 15) is 5.11 Å². The maximum absolute atomic E-state index is 10.0. The van der Waals surface area contributed by atoms with E-state index < -0.39 is 0 Å². The number of aliphatic hydroxyl groups excluding tert-OH is 1. The van der Waals surface area contributed by atoms with E-state index in [1.807, 2.05) is 6.07 Å². The third-order valence-corrected chi connectivity index (χ3v) is 3.87. The zero-order valence-corrected chi connectivity index (χ0v) is 11.7. The minimum atomic E-state index is 0.200. The van der Waals surface area contributed by atoms with Crippen molar-refractivity contribution in [3.8, 4) is 5.75 Å². The van der Waals surface area contributed by atoms with Crippen LogP contribution in [0.25, 0.3) is 0 Å². The van der Waals surface area contributed by atoms with Gasteiger partial charge in [-0.05, 0) is 41.2 Å². The molecule has 4 N–H and O–H groups in total. The van der Waals surface area contributed by atoms with Gasteiger partial charge in [-0.25, -0.2) is 0 Å². The molecule has 0 aromatic heterocycles. The van der Waals surface area contributed by atoms with Crippen LogP contribution in [0.2, 0.25) is 0 Å². The summed E-state index contributed by atoms with van der Waals surface area (Å²) in [7, 11) is 1.00. The molecule has 1 atom stereocenters. The highest BCUT2D eigenvalue weighted by Crippen LogP contribution is 2.36. The number of hydrogen-bond donors (Lipinski definition) is 3. The summed E-state index contributed by atoms with van der Waals surface area (Å²) in [6, 6.07) is 14.2. The number of aliphatic hydroxyl groups is 1. The first-order chi connectivity index (χ1) is 9.81. The molecule has 1 aliphatic rings. The molecule has 0 fully saturated rings. The Kier molecular flexibility index (Phi) is 4.77. The molecule has 0 spiro atoms. The number of phenols is 1. The van der Waals surface area contributed by atoms with E-state index in [0.29, 0.717) is 12.3 Å². The smallest absolute Gasteiger partial charge is 0.119 e. The lowest BCUT2D eigenvalue weighted by Gasteiger charge is -2.18. The molecule has 3 heteroatoms. The van der Waals surface area contributed by atoms with Crippen LogP contribution in [0.3, 0.4) is 0 Å². The SMILES string of the molecule is CO.NCC1c2ccccc2CCc2c(O)cccc21. The van der Waals surface area contributed by atoms with Gasteiger partial charge >= 0.3 is 0 Å². The van der Waals surface area contributed by atoms with E-state index in [2.05, 4.69) is 30.3 Å². The Morgan fingerprint density at radius 2 is 1.70 bits per heavy atom. The highest BCUT2D eigenvalue weighted by atomic mass is 16.3. The largest absolute Gasteiger partial charge is 0.508 e. The van der Waals surface area contributed by atoms with Crippen LogP contribution in [-0.4, -0.2) is 23.9 Å². The number of hydrogen-bond acceptors (Lipinski definition) is 3. The number of phenolic OH excluding ortho intramolecular Hbond substituents is 1. The fourth-order valence-electron chi connectivity index (χ4n) is 2.97. The van der Waals surface area contributed by atoms with E-state index in [1.165, 1.54) is 16.7 Å². The minimum Gasteiger partial charge on any atom is -0.508 e. The molecule has 0 heterocycles. The molecule has 0 aliphatic heterocycles. The summed E-state index contributed by atoms with van der Waals surface area (Å²) in [6.07, 6.45) is 1.85. The first kappa shape index (κ1) is 14.6. The summed E-state index contributed by atoms with van der Waals surface area (Å²) in [6.45, 7) is 0.577. The van der Waals surface area contributed by atoms with E-state index in [-0.39, 0.29) is 5.92 Å². The van der Waals surface area contributed by atoms with Gasteiger partial charge in [0.1, 0.15) is 5.75 Å². The molecule has 2 aromatic carbocycles. The van der Waals surface area contributed by atoms with Crippen LogP contribution in [0.1, 0.15) is 28.2 Å². The van der Waals surface area contributed by atoms with Crippen LogP contribution in [0.5, 0.6) is 5.75 Å². The molecule has 20 heavy (non-hydrogen) atoms. The van der Waals surface area contributed by atoms with Crippen molar-refractivity contribution in [1.82, 2.24) is 0 Å². The molecule has 106 valence electrons. The molecular weight excluding hydrogens is 250 g/mol. The van der Waals surface area contributed by atoms with Gasteiger partial charge in [0.25, 0.3) is 0 Å². The molecule has 1 aliphatic carbocycles. The lowest BCUT2D eigenvalue weighted by atomic mass is 9.88.